The van der Waals surface area contributed by atoms with E-state index in [1.807, 2.05) is 31.2 Å². The van der Waals surface area contributed by atoms with Gasteiger partial charge in [-0.05, 0) is 38.0 Å². The highest BCUT2D eigenvalue weighted by atomic mass is 79.9. The van der Waals surface area contributed by atoms with Gasteiger partial charge in [-0.2, -0.15) is 0 Å². The third kappa shape index (κ3) is 3.64. The number of aliphatic hydroxyl groups excluding tert-OH is 1. The molecular formula is C14H16BrNOS. The number of aromatic nitrogens is 1. The topological polar surface area (TPSA) is 33.1 Å². The molecule has 0 bridgehead atoms. The number of halogens is 1. The van der Waals surface area contributed by atoms with Gasteiger partial charge in [0.1, 0.15) is 0 Å². The minimum atomic E-state index is -0.371. The van der Waals surface area contributed by atoms with Crippen LogP contribution in [-0.4, -0.2) is 16.2 Å². The Balaban J connectivity index is 1.98. The van der Waals surface area contributed by atoms with E-state index in [2.05, 4.69) is 27.8 Å². The van der Waals surface area contributed by atoms with Crippen LogP contribution < -0.4 is 0 Å². The second-order valence-electron chi connectivity index (χ2n) is 4.44. The van der Waals surface area contributed by atoms with Gasteiger partial charge >= 0.3 is 0 Å². The van der Waals surface area contributed by atoms with Crippen molar-refractivity contribution in [2.24, 2.45) is 0 Å². The van der Waals surface area contributed by atoms with Gasteiger partial charge in [-0.15, -0.1) is 11.3 Å². The Morgan fingerprint density at radius 2 is 2.11 bits per heavy atom. The molecule has 0 fully saturated rings. The Morgan fingerprint density at radius 3 is 2.72 bits per heavy atom. The van der Waals surface area contributed by atoms with Crippen LogP contribution in [0, 0.1) is 13.8 Å². The van der Waals surface area contributed by atoms with E-state index < -0.39 is 0 Å². The Labute approximate surface area is 120 Å². The molecule has 4 heteroatoms. The van der Waals surface area contributed by atoms with Crippen LogP contribution in [0.15, 0.2) is 28.7 Å². The molecule has 96 valence electrons. The van der Waals surface area contributed by atoms with Crippen molar-refractivity contribution in [3.63, 3.8) is 0 Å². The zero-order chi connectivity index (χ0) is 13.1. The number of rotatable bonds is 4. The summed E-state index contributed by atoms with van der Waals surface area (Å²) in [4.78, 5) is 5.69. The molecule has 1 heterocycles. The number of benzene rings is 1. The highest BCUT2D eigenvalue weighted by Crippen LogP contribution is 2.19. The highest BCUT2D eigenvalue weighted by Gasteiger charge is 2.11. The summed E-state index contributed by atoms with van der Waals surface area (Å²) in [6.07, 6.45) is 0.924. The smallest absolute Gasteiger partial charge is 0.0956 e. The van der Waals surface area contributed by atoms with E-state index in [0.717, 1.165) is 20.7 Å². The Kier molecular flexibility index (Phi) is 4.54. The molecule has 18 heavy (non-hydrogen) atoms. The van der Waals surface area contributed by atoms with E-state index >= 15 is 0 Å². The Bertz CT molecular complexity index is 519. The molecule has 1 aromatic heterocycles. The third-order valence-electron chi connectivity index (χ3n) is 2.84. The second-order valence-corrected chi connectivity index (χ2v) is 6.64. The number of aliphatic hydroxyl groups is 1. The summed E-state index contributed by atoms with van der Waals surface area (Å²) in [5, 5.41) is 11.1. The zero-order valence-corrected chi connectivity index (χ0v) is 12.9. The molecule has 0 aliphatic carbocycles. The number of thiazole rings is 1. The molecule has 0 aliphatic rings. The van der Waals surface area contributed by atoms with E-state index in [1.54, 1.807) is 11.3 Å². The van der Waals surface area contributed by atoms with Crippen molar-refractivity contribution < 1.29 is 5.11 Å². The van der Waals surface area contributed by atoms with Crippen molar-refractivity contribution >= 4 is 27.3 Å². The van der Waals surface area contributed by atoms with Crippen LogP contribution in [0.3, 0.4) is 0 Å². The minimum absolute atomic E-state index is 0.371. The van der Waals surface area contributed by atoms with Gasteiger partial charge in [0, 0.05) is 15.8 Å². The van der Waals surface area contributed by atoms with Gasteiger partial charge in [-0.25, -0.2) is 4.98 Å². The van der Waals surface area contributed by atoms with Crippen LogP contribution in [0.25, 0.3) is 0 Å². The fourth-order valence-electron chi connectivity index (χ4n) is 1.84. The monoisotopic (exact) mass is 325 g/mol. The molecular weight excluding hydrogens is 310 g/mol. The SMILES string of the molecule is Cc1nc(CC(O)Cc2cccc(Br)c2)sc1C. The maximum atomic E-state index is 10.1. The largest absolute Gasteiger partial charge is 0.392 e. The lowest BCUT2D eigenvalue weighted by atomic mass is 10.1. The number of hydrogen-bond donors (Lipinski definition) is 1. The van der Waals surface area contributed by atoms with E-state index in [4.69, 9.17) is 0 Å². The number of hydrogen-bond acceptors (Lipinski definition) is 3. The zero-order valence-electron chi connectivity index (χ0n) is 10.5. The molecule has 0 spiro atoms. The lowest BCUT2D eigenvalue weighted by Crippen LogP contribution is -2.13. The lowest BCUT2D eigenvalue weighted by Gasteiger charge is -2.09. The predicted octanol–water partition coefficient (Wildman–Crippen LogP) is 3.67. The summed E-state index contributed by atoms with van der Waals surface area (Å²) in [6.45, 7) is 4.08. The van der Waals surface area contributed by atoms with Gasteiger partial charge in [0.2, 0.25) is 0 Å². The minimum Gasteiger partial charge on any atom is -0.392 e. The van der Waals surface area contributed by atoms with Gasteiger partial charge in [-0.1, -0.05) is 28.1 Å². The maximum Gasteiger partial charge on any atom is 0.0956 e. The molecule has 1 unspecified atom stereocenters. The van der Waals surface area contributed by atoms with Crippen LogP contribution in [0.2, 0.25) is 0 Å². The first-order valence-corrected chi connectivity index (χ1v) is 7.51. The van der Waals surface area contributed by atoms with Crippen LogP contribution in [0.1, 0.15) is 21.1 Å². The van der Waals surface area contributed by atoms with Crippen LogP contribution in [-0.2, 0) is 12.8 Å². The molecule has 2 aromatic rings. The number of nitrogens with zero attached hydrogens (tertiary/aromatic N) is 1. The van der Waals surface area contributed by atoms with Crippen molar-refractivity contribution in [3.05, 3.63) is 49.9 Å². The first-order chi connectivity index (χ1) is 8.54. The van der Waals surface area contributed by atoms with Crippen LogP contribution >= 0.6 is 27.3 Å². The summed E-state index contributed by atoms with van der Waals surface area (Å²) in [7, 11) is 0. The first-order valence-electron chi connectivity index (χ1n) is 5.90. The molecule has 2 nitrogen and oxygen atoms in total. The predicted molar refractivity (Wildman–Crippen MR) is 79.1 cm³/mol. The maximum absolute atomic E-state index is 10.1. The highest BCUT2D eigenvalue weighted by molar-refractivity contribution is 9.10. The molecule has 1 aromatic carbocycles. The summed E-state index contributed by atoms with van der Waals surface area (Å²) in [5.41, 5.74) is 2.21. The molecule has 2 rings (SSSR count). The molecule has 0 saturated carbocycles. The quantitative estimate of drug-likeness (QED) is 0.930. The standard InChI is InChI=1S/C14H16BrNOS/c1-9-10(2)18-14(16-9)8-13(17)7-11-4-3-5-12(15)6-11/h3-6,13,17H,7-8H2,1-2H3. The van der Waals surface area contributed by atoms with Crippen molar-refractivity contribution in [3.8, 4) is 0 Å². The van der Waals surface area contributed by atoms with Crippen LogP contribution in [0.5, 0.6) is 0 Å². The fourth-order valence-corrected chi connectivity index (χ4v) is 3.29. The molecule has 0 saturated heterocycles. The van der Waals surface area contributed by atoms with Gasteiger partial charge in [0.05, 0.1) is 16.8 Å². The van der Waals surface area contributed by atoms with Gasteiger partial charge in [0.15, 0.2) is 0 Å². The molecule has 1 atom stereocenters. The fraction of sp³-hybridized carbons (Fsp3) is 0.357. The first kappa shape index (κ1) is 13.7. The summed E-state index contributed by atoms with van der Waals surface area (Å²) in [5.74, 6) is 0. The van der Waals surface area contributed by atoms with E-state index in [9.17, 15) is 5.11 Å². The van der Waals surface area contributed by atoms with Crippen LogP contribution in [0.4, 0.5) is 0 Å². The Morgan fingerprint density at radius 1 is 1.33 bits per heavy atom. The van der Waals surface area contributed by atoms with Gasteiger partial charge < -0.3 is 5.11 Å². The third-order valence-corrected chi connectivity index (χ3v) is 4.43. The van der Waals surface area contributed by atoms with E-state index in [1.165, 1.54) is 4.88 Å². The average molecular weight is 326 g/mol. The number of aryl methyl sites for hydroxylation is 2. The molecule has 0 radical (unpaired) electrons. The van der Waals surface area contributed by atoms with E-state index in [0.29, 0.717) is 12.8 Å². The van der Waals surface area contributed by atoms with Gasteiger partial charge in [0.25, 0.3) is 0 Å². The molecule has 1 N–H and O–H groups in total. The lowest BCUT2D eigenvalue weighted by molar-refractivity contribution is 0.175. The normalized spacial score (nSPS) is 12.7. The van der Waals surface area contributed by atoms with Crippen molar-refractivity contribution in [1.29, 1.82) is 0 Å². The summed E-state index contributed by atoms with van der Waals surface area (Å²) >= 11 is 5.12. The van der Waals surface area contributed by atoms with E-state index in [-0.39, 0.29) is 6.10 Å². The summed E-state index contributed by atoms with van der Waals surface area (Å²) in [6, 6.07) is 8.06. The van der Waals surface area contributed by atoms with Crippen molar-refractivity contribution in [2.75, 3.05) is 0 Å². The second kappa shape index (κ2) is 5.95. The van der Waals surface area contributed by atoms with Crippen molar-refractivity contribution in [2.45, 2.75) is 32.8 Å². The summed E-state index contributed by atoms with van der Waals surface area (Å²) < 4.78 is 1.05. The van der Waals surface area contributed by atoms with Gasteiger partial charge in [-0.3, -0.25) is 0 Å². The average Bonchev–Trinajstić information content (AvgIpc) is 2.57. The Hall–Kier alpha value is -0.710. The molecule has 0 amide bonds. The van der Waals surface area contributed by atoms with Crippen molar-refractivity contribution in [1.82, 2.24) is 4.98 Å². The molecule has 0 aliphatic heterocycles.